The second kappa shape index (κ2) is 6.91. The van der Waals surface area contributed by atoms with Gasteiger partial charge < -0.3 is 14.8 Å². The van der Waals surface area contributed by atoms with E-state index in [1.165, 1.54) is 0 Å². The first-order valence-electron chi connectivity index (χ1n) is 9.27. The highest BCUT2D eigenvalue weighted by atomic mass is 16.2. The molecular weight excluding hydrogens is 338 g/mol. The van der Waals surface area contributed by atoms with Crippen molar-refractivity contribution >= 4 is 22.7 Å². The van der Waals surface area contributed by atoms with Gasteiger partial charge in [-0.2, -0.15) is 0 Å². The summed E-state index contributed by atoms with van der Waals surface area (Å²) in [4.78, 5) is 32.6. The van der Waals surface area contributed by atoms with Crippen LogP contribution in [0.1, 0.15) is 32.0 Å². The minimum absolute atomic E-state index is 0.00588. The van der Waals surface area contributed by atoms with E-state index in [0.29, 0.717) is 37.4 Å². The zero-order valence-electron chi connectivity index (χ0n) is 15.7. The van der Waals surface area contributed by atoms with Crippen molar-refractivity contribution in [3.8, 4) is 0 Å². The smallest absolute Gasteiger partial charge is 0.270 e. The lowest BCUT2D eigenvalue weighted by Crippen LogP contribution is -2.50. The van der Waals surface area contributed by atoms with Gasteiger partial charge in [-0.15, -0.1) is 0 Å². The number of rotatable bonds is 2. The van der Waals surface area contributed by atoms with E-state index in [4.69, 9.17) is 0 Å². The Kier molecular flexibility index (Phi) is 4.44. The lowest BCUT2D eigenvalue weighted by molar-refractivity contribution is 0.0532. The molecule has 1 saturated heterocycles. The van der Waals surface area contributed by atoms with Crippen LogP contribution in [-0.2, 0) is 0 Å². The third-order valence-electron chi connectivity index (χ3n) is 5.30. The van der Waals surface area contributed by atoms with E-state index in [0.717, 1.165) is 22.0 Å². The molecule has 2 heterocycles. The number of carbonyl (C=O) groups is 2. The maximum atomic E-state index is 13.0. The Morgan fingerprint density at radius 2 is 1.52 bits per heavy atom. The normalized spacial score (nSPS) is 14.6. The number of benzene rings is 2. The number of amides is 2. The van der Waals surface area contributed by atoms with Crippen molar-refractivity contribution in [2.24, 2.45) is 0 Å². The van der Waals surface area contributed by atoms with E-state index in [1.807, 2.05) is 72.2 Å². The number of hydrogen-bond donors (Lipinski definition) is 1. The molecule has 1 aromatic heterocycles. The standard InChI is InChI=1S/C22H23N3O2/c1-15-6-5-7-17(14-15)21(26)24-10-12-25(13-11-24)22(27)20-16(2)18-8-3-4-9-19(18)23-20/h3-9,14,23H,10-13H2,1-2H3. The summed E-state index contributed by atoms with van der Waals surface area (Å²) in [5.41, 5.74) is 4.39. The van der Waals surface area contributed by atoms with Gasteiger partial charge in [-0.05, 0) is 37.6 Å². The Hall–Kier alpha value is -3.08. The molecule has 27 heavy (non-hydrogen) atoms. The average Bonchev–Trinajstić information content (AvgIpc) is 3.04. The Bertz CT molecular complexity index is 1010. The Labute approximate surface area is 158 Å². The lowest BCUT2D eigenvalue weighted by atomic mass is 10.1. The first-order valence-corrected chi connectivity index (χ1v) is 9.27. The van der Waals surface area contributed by atoms with E-state index in [1.54, 1.807) is 0 Å². The van der Waals surface area contributed by atoms with Crippen LogP contribution in [0.25, 0.3) is 10.9 Å². The molecule has 5 nitrogen and oxygen atoms in total. The molecule has 0 atom stereocenters. The summed E-state index contributed by atoms with van der Waals surface area (Å²) >= 11 is 0. The van der Waals surface area contributed by atoms with Gasteiger partial charge in [0.25, 0.3) is 11.8 Å². The van der Waals surface area contributed by atoms with Gasteiger partial charge in [0.15, 0.2) is 0 Å². The molecule has 0 aliphatic carbocycles. The molecule has 2 aromatic carbocycles. The zero-order chi connectivity index (χ0) is 19.0. The lowest BCUT2D eigenvalue weighted by Gasteiger charge is -2.34. The molecule has 0 radical (unpaired) electrons. The van der Waals surface area contributed by atoms with Crippen LogP contribution in [0.2, 0.25) is 0 Å². The molecule has 4 rings (SSSR count). The van der Waals surface area contributed by atoms with Gasteiger partial charge >= 0.3 is 0 Å². The second-order valence-electron chi connectivity index (χ2n) is 7.12. The van der Waals surface area contributed by atoms with E-state index >= 15 is 0 Å². The molecule has 1 aliphatic rings. The van der Waals surface area contributed by atoms with Crippen LogP contribution in [0.3, 0.4) is 0 Å². The average molecular weight is 361 g/mol. The number of nitrogens with zero attached hydrogens (tertiary/aromatic N) is 2. The highest BCUT2D eigenvalue weighted by Gasteiger charge is 2.27. The first kappa shape index (κ1) is 17.3. The maximum absolute atomic E-state index is 13.0. The third-order valence-corrected chi connectivity index (χ3v) is 5.30. The predicted octanol–water partition coefficient (Wildman–Crippen LogP) is 3.38. The van der Waals surface area contributed by atoms with Gasteiger partial charge in [0, 0.05) is 42.6 Å². The van der Waals surface area contributed by atoms with E-state index in [9.17, 15) is 9.59 Å². The van der Waals surface area contributed by atoms with Gasteiger partial charge in [0.05, 0.1) is 0 Å². The van der Waals surface area contributed by atoms with Crippen molar-refractivity contribution in [1.82, 2.24) is 14.8 Å². The number of H-pyrrole nitrogens is 1. The molecule has 1 fully saturated rings. The van der Waals surface area contributed by atoms with Crippen LogP contribution in [0.15, 0.2) is 48.5 Å². The number of piperazine rings is 1. The summed E-state index contributed by atoms with van der Waals surface area (Å²) < 4.78 is 0. The minimum atomic E-state index is 0.00588. The van der Waals surface area contributed by atoms with E-state index in [2.05, 4.69) is 4.98 Å². The molecule has 0 spiro atoms. The first-order chi connectivity index (χ1) is 13.0. The minimum Gasteiger partial charge on any atom is -0.350 e. The molecule has 0 unspecified atom stereocenters. The fourth-order valence-corrected chi connectivity index (χ4v) is 3.73. The van der Waals surface area contributed by atoms with Crippen LogP contribution in [-0.4, -0.2) is 52.8 Å². The number of aromatic amines is 1. The quantitative estimate of drug-likeness (QED) is 0.761. The van der Waals surface area contributed by atoms with Gasteiger partial charge in [0.2, 0.25) is 0 Å². The Morgan fingerprint density at radius 3 is 2.19 bits per heavy atom. The Morgan fingerprint density at radius 1 is 0.852 bits per heavy atom. The SMILES string of the molecule is Cc1cccc(C(=O)N2CCN(C(=O)c3[nH]c4ccccc4c3C)CC2)c1. The van der Waals surface area contributed by atoms with Gasteiger partial charge in [0.1, 0.15) is 5.69 Å². The van der Waals surface area contributed by atoms with Gasteiger partial charge in [-0.25, -0.2) is 0 Å². The molecule has 0 bridgehead atoms. The number of para-hydroxylation sites is 1. The number of fused-ring (bicyclic) bond motifs is 1. The summed E-state index contributed by atoms with van der Waals surface area (Å²) in [6.07, 6.45) is 0. The molecule has 138 valence electrons. The van der Waals surface area contributed by atoms with E-state index in [-0.39, 0.29) is 11.8 Å². The second-order valence-corrected chi connectivity index (χ2v) is 7.12. The summed E-state index contributed by atoms with van der Waals surface area (Å²) in [7, 11) is 0. The van der Waals surface area contributed by atoms with Crippen LogP contribution in [0, 0.1) is 13.8 Å². The van der Waals surface area contributed by atoms with Crippen LogP contribution >= 0.6 is 0 Å². The number of hydrogen-bond acceptors (Lipinski definition) is 2. The Balaban J connectivity index is 1.46. The number of nitrogens with one attached hydrogen (secondary N) is 1. The molecule has 3 aromatic rings. The van der Waals surface area contributed by atoms with E-state index < -0.39 is 0 Å². The van der Waals surface area contributed by atoms with Crippen molar-refractivity contribution in [1.29, 1.82) is 0 Å². The number of aromatic nitrogens is 1. The largest absolute Gasteiger partial charge is 0.350 e. The van der Waals surface area contributed by atoms with Crippen LogP contribution < -0.4 is 0 Å². The number of carbonyl (C=O) groups excluding carboxylic acids is 2. The summed E-state index contributed by atoms with van der Waals surface area (Å²) in [6.45, 7) is 6.16. The van der Waals surface area contributed by atoms with Crippen molar-refractivity contribution in [2.45, 2.75) is 13.8 Å². The van der Waals surface area contributed by atoms with Crippen molar-refractivity contribution in [3.05, 3.63) is 70.9 Å². The predicted molar refractivity (Wildman–Crippen MR) is 106 cm³/mol. The fraction of sp³-hybridized carbons (Fsp3) is 0.273. The van der Waals surface area contributed by atoms with Gasteiger partial charge in [-0.3, -0.25) is 9.59 Å². The molecular formula is C22H23N3O2. The third kappa shape index (κ3) is 3.21. The topological polar surface area (TPSA) is 56.4 Å². The van der Waals surface area contributed by atoms with Crippen LogP contribution in [0.5, 0.6) is 0 Å². The molecule has 2 amide bonds. The van der Waals surface area contributed by atoms with Crippen molar-refractivity contribution in [3.63, 3.8) is 0 Å². The molecule has 0 saturated carbocycles. The summed E-state index contributed by atoms with van der Waals surface area (Å²) in [6, 6.07) is 15.6. The monoisotopic (exact) mass is 361 g/mol. The molecule has 5 heteroatoms. The maximum Gasteiger partial charge on any atom is 0.270 e. The fourth-order valence-electron chi connectivity index (χ4n) is 3.73. The molecule has 1 N–H and O–H groups in total. The highest BCUT2D eigenvalue weighted by Crippen LogP contribution is 2.23. The zero-order valence-corrected chi connectivity index (χ0v) is 15.7. The van der Waals surface area contributed by atoms with Crippen molar-refractivity contribution in [2.75, 3.05) is 26.2 Å². The number of aryl methyl sites for hydroxylation is 2. The highest BCUT2D eigenvalue weighted by molar-refractivity contribution is 6.01. The molecule has 1 aliphatic heterocycles. The summed E-state index contributed by atoms with van der Waals surface area (Å²) in [5, 5.41) is 1.08. The van der Waals surface area contributed by atoms with Crippen molar-refractivity contribution < 1.29 is 9.59 Å². The van der Waals surface area contributed by atoms with Crippen LogP contribution in [0.4, 0.5) is 0 Å². The summed E-state index contributed by atoms with van der Waals surface area (Å²) in [5.74, 6) is 0.0407. The van der Waals surface area contributed by atoms with Gasteiger partial charge in [-0.1, -0.05) is 35.9 Å².